The average Bonchev–Trinajstić information content (AvgIpc) is 2.87. The Bertz CT molecular complexity index is 736. The molecule has 1 amide bonds. The standard InChI is InChI=1S/C16H16ClFN2O4/c1-9-15(10(2)24-19-9)16(22)23-8-14(21)20(3)7-11-12(17)5-4-6-13(11)18/h4-6H,7-8H2,1-3H3. The molecule has 0 N–H and O–H groups in total. The van der Waals surface area contributed by atoms with Crippen molar-refractivity contribution in [2.45, 2.75) is 20.4 Å². The number of likely N-dealkylation sites (N-methyl/N-ethyl adjacent to an activating group) is 1. The van der Waals surface area contributed by atoms with Crippen LogP contribution in [0, 0.1) is 19.7 Å². The van der Waals surface area contributed by atoms with Crippen LogP contribution < -0.4 is 0 Å². The Labute approximate surface area is 143 Å². The van der Waals surface area contributed by atoms with Crippen molar-refractivity contribution in [3.8, 4) is 0 Å². The largest absolute Gasteiger partial charge is 0.452 e. The highest BCUT2D eigenvalue weighted by Crippen LogP contribution is 2.20. The zero-order chi connectivity index (χ0) is 17.9. The van der Waals surface area contributed by atoms with E-state index in [9.17, 15) is 14.0 Å². The Kier molecular flexibility index (Phi) is 5.56. The van der Waals surface area contributed by atoms with Crippen LogP contribution in [0.5, 0.6) is 0 Å². The number of ether oxygens (including phenoxy) is 1. The van der Waals surface area contributed by atoms with Gasteiger partial charge in [-0.1, -0.05) is 22.8 Å². The molecule has 1 aromatic carbocycles. The minimum atomic E-state index is -0.697. The fraction of sp³-hybridized carbons (Fsp3) is 0.312. The number of nitrogens with zero attached hydrogens (tertiary/aromatic N) is 2. The highest BCUT2D eigenvalue weighted by Gasteiger charge is 2.21. The predicted molar refractivity (Wildman–Crippen MR) is 84.1 cm³/mol. The van der Waals surface area contributed by atoms with Crippen molar-refractivity contribution < 1.29 is 23.2 Å². The van der Waals surface area contributed by atoms with E-state index in [1.807, 2.05) is 0 Å². The summed E-state index contributed by atoms with van der Waals surface area (Å²) in [6, 6.07) is 4.28. The maximum atomic E-state index is 13.7. The molecule has 0 unspecified atom stereocenters. The lowest BCUT2D eigenvalue weighted by molar-refractivity contribution is -0.133. The number of halogens is 2. The molecule has 2 rings (SSSR count). The third-order valence-corrected chi connectivity index (χ3v) is 3.80. The number of benzene rings is 1. The molecular formula is C16H16ClFN2O4. The van der Waals surface area contributed by atoms with Crippen LogP contribution >= 0.6 is 11.6 Å². The molecule has 1 heterocycles. The van der Waals surface area contributed by atoms with E-state index >= 15 is 0 Å². The first-order valence-corrected chi connectivity index (χ1v) is 7.46. The van der Waals surface area contributed by atoms with E-state index in [4.69, 9.17) is 20.9 Å². The number of aryl methyl sites for hydroxylation is 2. The van der Waals surface area contributed by atoms with Crippen molar-refractivity contribution in [1.82, 2.24) is 10.1 Å². The van der Waals surface area contributed by atoms with Crippen LogP contribution in [0.25, 0.3) is 0 Å². The molecule has 0 bridgehead atoms. The normalized spacial score (nSPS) is 10.5. The summed E-state index contributed by atoms with van der Waals surface area (Å²) in [5.41, 5.74) is 0.783. The van der Waals surface area contributed by atoms with Gasteiger partial charge in [0, 0.05) is 24.2 Å². The van der Waals surface area contributed by atoms with Gasteiger partial charge in [-0.05, 0) is 26.0 Å². The van der Waals surface area contributed by atoms with Gasteiger partial charge in [0.1, 0.15) is 17.1 Å². The van der Waals surface area contributed by atoms with Crippen LogP contribution in [-0.4, -0.2) is 35.6 Å². The summed E-state index contributed by atoms with van der Waals surface area (Å²) in [4.78, 5) is 25.3. The zero-order valence-electron chi connectivity index (χ0n) is 13.4. The van der Waals surface area contributed by atoms with Gasteiger partial charge in [-0.25, -0.2) is 9.18 Å². The van der Waals surface area contributed by atoms with Gasteiger partial charge in [-0.2, -0.15) is 0 Å². The second-order valence-electron chi connectivity index (χ2n) is 5.23. The van der Waals surface area contributed by atoms with Gasteiger partial charge in [0.2, 0.25) is 0 Å². The van der Waals surface area contributed by atoms with Crippen LogP contribution in [-0.2, 0) is 16.1 Å². The zero-order valence-corrected chi connectivity index (χ0v) is 14.2. The molecule has 24 heavy (non-hydrogen) atoms. The van der Waals surface area contributed by atoms with E-state index in [0.717, 1.165) is 0 Å². The van der Waals surface area contributed by atoms with E-state index in [2.05, 4.69) is 5.16 Å². The molecule has 0 atom stereocenters. The second-order valence-corrected chi connectivity index (χ2v) is 5.63. The number of carbonyl (C=O) groups is 2. The molecule has 0 saturated carbocycles. The van der Waals surface area contributed by atoms with E-state index in [1.165, 1.54) is 30.1 Å². The van der Waals surface area contributed by atoms with Crippen molar-refractivity contribution >= 4 is 23.5 Å². The lowest BCUT2D eigenvalue weighted by atomic mass is 10.2. The molecule has 2 aromatic rings. The Morgan fingerprint density at radius 1 is 1.38 bits per heavy atom. The fourth-order valence-corrected chi connectivity index (χ4v) is 2.32. The number of esters is 1. The minimum absolute atomic E-state index is 0.0345. The van der Waals surface area contributed by atoms with Crippen LogP contribution in [0.15, 0.2) is 22.7 Å². The molecule has 6 nitrogen and oxygen atoms in total. The molecule has 0 aliphatic heterocycles. The van der Waals surface area contributed by atoms with Gasteiger partial charge in [0.15, 0.2) is 6.61 Å². The Morgan fingerprint density at radius 2 is 2.08 bits per heavy atom. The van der Waals surface area contributed by atoms with Crippen molar-refractivity contribution in [2.24, 2.45) is 0 Å². The van der Waals surface area contributed by atoms with Crippen LogP contribution in [0.2, 0.25) is 5.02 Å². The highest BCUT2D eigenvalue weighted by atomic mass is 35.5. The van der Waals surface area contributed by atoms with Crippen molar-refractivity contribution in [1.29, 1.82) is 0 Å². The van der Waals surface area contributed by atoms with Crippen LogP contribution in [0.3, 0.4) is 0 Å². The minimum Gasteiger partial charge on any atom is -0.452 e. The van der Waals surface area contributed by atoms with Gasteiger partial charge < -0.3 is 14.2 Å². The van der Waals surface area contributed by atoms with Gasteiger partial charge in [-0.3, -0.25) is 4.79 Å². The smallest absolute Gasteiger partial charge is 0.344 e. The average molecular weight is 355 g/mol. The summed E-state index contributed by atoms with van der Waals surface area (Å²) in [7, 11) is 1.47. The highest BCUT2D eigenvalue weighted by molar-refractivity contribution is 6.31. The molecule has 0 aliphatic carbocycles. The van der Waals surface area contributed by atoms with Gasteiger partial charge >= 0.3 is 5.97 Å². The quantitative estimate of drug-likeness (QED) is 0.772. The summed E-state index contributed by atoms with van der Waals surface area (Å²) < 4.78 is 23.6. The lowest BCUT2D eigenvalue weighted by Crippen LogP contribution is -2.31. The van der Waals surface area contributed by atoms with Crippen LogP contribution in [0.4, 0.5) is 4.39 Å². The van der Waals surface area contributed by atoms with E-state index in [-0.39, 0.29) is 22.7 Å². The predicted octanol–water partition coefficient (Wildman–Crippen LogP) is 2.90. The van der Waals surface area contributed by atoms with E-state index < -0.39 is 24.3 Å². The van der Waals surface area contributed by atoms with E-state index in [1.54, 1.807) is 13.8 Å². The SMILES string of the molecule is Cc1noc(C)c1C(=O)OCC(=O)N(C)Cc1c(F)cccc1Cl. The molecule has 8 heteroatoms. The first-order chi connectivity index (χ1) is 11.3. The summed E-state index contributed by atoms with van der Waals surface area (Å²) >= 11 is 5.93. The number of amides is 1. The number of hydrogen-bond donors (Lipinski definition) is 0. The number of carbonyl (C=O) groups excluding carboxylic acids is 2. The Morgan fingerprint density at radius 3 is 2.67 bits per heavy atom. The molecule has 0 spiro atoms. The van der Waals surface area contributed by atoms with Gasteiger partial charge in [0.05, 0.1) is 5.69 Å². The van der Waals surface area contributed by atoms with Crippen LogP contribution in [0.1, 0.15) is 27.4 Å². The van der Waals surface area contributed by atoms with Gasteiger partial charge in [0.25, 0.3) is 5.91 Å². The second kappa shape index (κ2) is 7.44. The van der Waals surface area contributed by atoms with E-state index in [0.29, 0.717) is 11.5 Å². The Hall–Kier alpha value is -2.41. The first kappa shape index (κ1) is 17.9. The molecular weight excluding hydrogens is 339 g/mol. The molecule has 128 valence electrons. The third-order valence-electron chi connectivity index (χ3n) is 3.45. The summed E-state index contributed by atoms with van der Waals surface area (Å²) in [5.74, 6) is -1.38. The molecule has 0 radical (unpaired) electrons. The lowest BCUT2D eigenvalue weighted by Gasteiger charge is -2.18. The summed E-state index contributed by atoms with van der Waals surface area (Å²) in [5, 5.41) is 3.87. The maximum absolute atomic E-state index is 13.7. The maximum Gasteiger partial charge on any atom is 0.344 e. The summed E-state index contributed by atoms with van der Waals surface area (Å²) in [6.07, 6.45) is 0. The summed E-state index contributed by atoms with van der Waals surface area (Å²) in [6.45, 7) is 2.66. The number of hydrogen-bond acceptors (Lipinski definition) is 5. The molecule has 0 fully saturated rings. The monoisotopic (exact) mass is 354 g/mol. The van der Waals surface area contributed by atoms with Crippen molar-refractivity contribution in [2.75, 3.05) is 13.7 Å². The Balaban J connectivity index is 1.96. The number of aromatic nitrogens is 1. The third kappa shape index (κ3) is 3.91. The molecule has 0 aliphatic rings. The molecule has 0 saturated heterocycles. The molecule has 1 aromatic heterocycles. The van der Waals surface area contributed by atoms with Crippen molar-refractivity contribution in [3.63, 3.8) is 0 Å². The number of rotatable bonds is 5. The van der Waals surface area contributed by atoms with Gasteiger partial charge in [-0.15, -0.1) is 0 Å². The van der Waals surface area contributed by atoms with Crippen molar-refractivity contribution in [3.05, 3.63) is 51.6 Å². The fourth-order valence-electron chi connectivity index (χ4n) is 2.09. The first-order valence-electron chi connectivity index (χ1n) is 7.08. The topological polar surface area (TPSA) is 72.6 Å².